The lowest BCUT2D eigenvalue weighted by atomic mass is 9.94. The van der Waals surface area contributed by atoms with Gasteiger partial charge in [-0.05, 0) is 5.46 Å². The zero-order chi connectivity index (χ0) is 10.9. The molecule has 0 heterocycles. The number of nitro benzene ring substituents is 1. The van der Waals surface area contributed by atoms with Crippen LogP contribution in [0, 0.1) is 21.7 Å². The number of benzene rings is 1. The van der Waals surface area contributed by atoms with Crippen molar-refractivity contribution < 1.29 is 18.4 Å². The Hall–Kier alpha value is -1.66. The zero-order valence-electron chi connectivity index (χ0n) is 7.08. The Morgan fingerprint density at radius 3 is 2.57 bits per heavy atom. The lowest BCUT2D eigenvalue weighted by Crippen LogP contribution is -2.16. The summed E-state index contributed by atoms with van der Waals surface area (Å²) in [7, 11) is 6.00. The summed E-state index contributed by atoms with van der Waals surface area (Å²) in [6.07, 6.45) is 0. The van der Waals surface area contributed by atoms with Gasteiger partial charge in [0.2, 0.25) is 5.75 Å². The SMILES string of the molecule is [B]c1c(F)cc(OC)c([N+](=O)[O-])c1F. The molecular formula is C7H4BF2NO3. The molecule has 0 spiro atoms. The van der Waals surface area contributed by atoms with Crippen LogP contribution in [0.4, 0.5) is 14.5 Å². The molecular weight excluding hydrogens is 195 g/mol. The van der Waals surface area contributed by atoms with Crippen LogP contribution in [0.1, 0.15) is 0 Å². The number of methoxy groups -OCH3 is 1. The first kappa shape index (κ1) is 10.4. The minimum absolute atomic E-state index is 0.501. The molecule has 0 atom stereocenters. The molecule has 0 aliphatic carbocycles. The average molecular weight is 199 g/mol. The van der Waals surface area contributed by atoms with Crippen LogP contribution in [-0.4, -0.2) is 19.9 Å². The third-order valence-corrected chi connectivity index (χ3v) is 1.60. The van der Waals surface area contributed by atoms with Crippen molar-refractivity contribution in [2.45, 2.75) is 0 Å². The maximum absolute atomic E-state index is 13.1. The fourth-order valence-electron chi connectivity index (χ4n) is 0.927. The van der Waals surface area contributed by atoms with Crippen LogP contribution < -0.4 is 10.2 Å². The van der Waals surface area contributed by atoms with E-state index in [1.807, 2.05) is 0 Å². The van der Waals surface area contributed by atoms with E-state index in [9.17, 15) is 18.9 Å². The first-order valence-electron chi connectivity index (χ1n) is 3.45. The van der Waals surface area contributed by atoms with Gasteiger partial charge in [0.05, 0.1) is 12.0 Å². The topological polar surface area (TPSA) is 52.4 Å². The van der Waals surface area contributed by atoms with Gasteiger partial charge in [0.15, 0.2) is 5.82 Å². The summed E-state index contributed by atoms with van der Waals surface area (Å²) in [6.45, 7) is 0. The fraction of sp³-hybridized carbons (Fsp3) is 0.143. The van der Waals surface area contributed by atoms with Crippen molar-refractivity contribution in [3.63, 3.8) is 0 Å². The van der Waals surface area contributed by atoms with E-state index in [0.717, 1.165) is 7.11 Å². The monoisotopic (exact) mass is 199 g/mol. The van der Waals surface area contributed by atoms with Crippen molar-refractivity contribution in [1.82, 2.24) is 0 Å². The second-order valence-corrected chi connectivity index (χ2v) is 2.39. The van der Waals surface area contributed by atoms with Gasteiger partial charge in [-0.15, -0.1) is 0 Å². The van der Waals surface area contributed by atoms with Gasteiger partial charge in [-0.2, -0.15) is 4.39 Å². The number of hydrogen-bond acceptors (Lipinski definition) is 3. The van der Waals surface area contributed by atoms with Gasteiger partial charge < -0.3 is 4.74 Å². The third kappa shape index (κ3) is 1.52. The van der Waals surface area contributed by atoms with Crippen molar-refractivity contribution in [3.05, 3.63) is 27.8 Å². The van der Waals surface area contributed by atoms with E-state index >= 15 is 0 Å². The summed E-state index contributed by atoms with van der Waals surface area (Å²) in [5.74, 6) is -3.02. The lowest BCUT2D eigenvalue weighted by molar-refractivity contribution is -0.388. The first-order valence-corrected chi connectivity index (χ1v) is 3.45. The molecule has 0 aliphatic rings. The highest BCUT2D eigenvalue weighted by molar-refractivity contribution is 6.33. The Morgan fingerprint density at radius 2 is 2.14 bits per heavy atom. The van der Waals surface area contributed by atoms with Crippen molar-refractivity contribution in [2.75, 3.05) is 7.11 Å². The van der Waals surface area contributed by atoms with Crippen LogP contribution in [0.25, 0.3) is 0 Å². The Morgan fingerprint density at radius 1 is 1.57 bits per heavy atom. The molecule has 4 nitrogen and oxygen atoms in total. The maximum Gasteiger partial charge on any atom is 0.345 e. The Bertz CT molecular complexity index is 397. The smallest absolute Gasteiger partial charge is 0.345 e. The highest BCUT2D eigenvalue weighted by Crippen LogP contribution is 2.28. The van der Waals surface area contributed by atoms with E-state index in [0.29, 0.717) is 6.07 Å². The summed E-state index contributed by atoms with van der Waals surface area (Å²) >= 11 is 0. The van der Waals surface area contributed by atoms with Crippen molar-refractivity contribution >= 4 is 19.0 Å². The maximum atomic E-state index is 13.1. The molecule has 0 fully saturated rings. The van der Waals surface area contributed by atoms with Crippen molar-refractivity contribution in [1.29, 1.82) is 0 Å². The number of hydrogen-bond donors (Lipinski definition) is 0. The van der Waals surface area contributed by atoms with Gasteiger partial charge in [-0.1, -0.05) is 0 Å². The van der Waals surface area contributed by atoms with Crippen molar-refractivity contribution in [3.8, 4) is 5.75 Å². The molecule has 0 saturated carbocycles. The molecule has 0 N–H and O–H groups in total. The minimum Gasteiger partial charge on any atom is -0.490 e. The van der Waals surface area contributed by atoms with E-state index in [1.54, 1.807) is 0 Å². The predicted molar refractivity (Wildman–Crippen MR) is 45.0 cm³/mol. The molecule has 2 radical (unpaired) electrons. The molecule has 14 heavy (non-hydrogen) atoms. The second-order valence-electron chi connectivity index (χ2n) is 2.39. The molecule has 0 saturated heterocycles. The van der Waals surface area contributed by atoms with E-state index in [2.05, 4.69) is 4.74 Å². The average Bonchev–Trinajstić information content (AvgIpc) is 2.12. The van der Waals surface area contributed by atoms with E-state index in [-0.39, 0.29) is 0 Å². The van der Waals surface area contributed by atoms with Crippen LogP contribution >= 0.6 is 0 Å². The molecule has 1 aromatic carbocycles. The summed E-state index contributed by atoms with van der Waals surface area (Å²) < 4.78 is 30.3. The highest BCUT2D eigenvalue weighted by atomic mass is 19.1. The molecule has 1 rings (SSSR count). The summed E-state index contributed by atoms with van der Waals surface area (Å²) in [5.41, 5.74) is -1.86. The summed E-state index contributed by atoms with van der Waals surface area (Å²) in [5, 5.41) is 10.4. The number of halogens is 2. The summed E-state index contributed by atoms with van der Waals surface area (Å²) in [6, 6.07) is 0.663. The first-order chi connectivity index (χ1) is 6.49. The highest BCUT2D eigenvalue weighted by Gasteiger charge is 2.25. The lowest BCUT2D eigenvalue weighted by Gasteiger charge is -2.05. The van der Waals surface area contributed by atoms with Gasteiger partial charge in [-0.25, -0.2) is 4.39 Å². The molecule has 0 aromatic heterocycles. The van der Waals surface area contributed by atoms with E-state index in [1.165, 1.54) is 0 Å². The molecule has 0 amide bonds. The molecule has 0 aliphatic heterocycles. The molecule has 0 bridgehead atoms. The number of nitro groups is 1. The Labute approximate surface area is 79.0 Å². The van der Waals surface area contributed by atoms with Gasteiger partial charge in [0, 0.05) is 6.07 Å². The normalized spacial score (nSPS) is 9.93. The fourth-order valence-corrected chi connectivity index (χ4v) is 0.927. The van der Waals surface area contributed by atoms with E-state index in [4.69, 9.17) is 7.85 Å². The minimum atomic E-state index is -1.42. The van der Waals surface area contributed by atoms with Gasteiger partial charge >= 0.3 is 5.69 Å². The Balaban J connectivity index is 3.53. The quantitative estimate of drug-likeness (QED) is 0.399. The van der Waals surface area contributed by atoms with Gasteiger partial charge in [-0.3, -0.25) is 10.1 Å². The van der Waals surface area contributed by atoms with Crippen LogP contribution in [0.15, 0.2) is 6.07 Å². The molecule has 0 unspecified atom stereocenters. The standard InChI is InChI=1S/C7H4BF2NO3/c1-14-4-2-3(9)5(8)6(10)7(4)11(12)13/h2H,1H3. The van der Waals surface area contributed by atoms with Crippen LogP contribution in [0.2, 0.25) is 0 Å². The van der Waals surface area contributed by atoms with Crippen LogP contribution in [0.5, 0.6) is 5.75 Å². The van der Waals surface area contributed by atoms with Gasteiger partial charge in [0.1, 0.15) is 13.7 Å². The number of rotatable bonds is 2. The largest absolute Gasteiger partial charge is 0.490 e. The van der Waals surface area contributed by atoms with Crippen LogP contribution in [0.3, 0.4) is 0 Å². The molecule has 72 valence electrons. The Kier molecular flexibility index (Phi) is 2.69. The summed E-state index contributed by atoms with van der Waals surface area (Å²) in [4.78, 5) is 9.35. The number of ether oxygens (including phenoxy) is 1. The molecule has 1 aromatic rings. The van der Waals surface area contributed by atoms with E-state index < -0.39 is 33.5 Å². The van der Waals surface area contributed by atoms with Gasteiger partial charge in [0.25, 0.3) is 0 Å². The second kappa shape index (κ2) is 3.61. The molecule has 7 heteroatoms. The third-order valence-electron chi connectivity index (χ3n) is 1.60. The zero-order valence-corrected chi connectivity index (χ0v) is 7.08. The van der Waals surface area contributed by atoms with Crippen LogP contribution in [-0.2, 0) is 0 Å². The van der Waals surface area contributed by atoms with Crippen molar-refractivity contribution in [2.24, 2.45) is 0 Å². The number of nitrogens with zero attached hydrogens (tertiary/aromatic N) is 1. The predicted octanol–water partition coefficient (Wildman–Crippen LogP) is 0.675.